The smallest absolute Gasteiger partial charge is 0.338 e. The molecule has 2 saturated heterocycles. The number of carbonyl (C=O) groups excluding carboxylic acids is 2. The minimum absolute atomic E-state index is 0.115. The van der Waals surface area contributed by atoms with Gasteiger partial charge in [0.25, 0.3) is 0 Å². The molecule has 2 aliphatic rings. The van der Waals surface area contributed by atoms with Crippen LogP contribution in [0.3, 0.4) is 0 Å². The number of esters is 2. The standard InChI is InChI=1S/C32H42O10/c1-31(21-39-22-31)19-37-11-9-35-13-15-41-29(33)27-7-3-5-25(17-27)26-6-4-8-28(18-26)30(34)42-16-14-36-10-12-38-20-32(2)23-40-24-32/h3-8,17-18H,9-16,19-24H2,1-2H3. The molecule has 42 heavy (non-hydrogen) atoms. The zero-order valence-electron chi connectivity index (χ0n) is 24.6. The van der Waals surface area contributed by atoms with E-state index in [1.165, 1.54) is 0 Å². The van der Waals surface area contributed by atoms with E-state index in [1.807, 2.05) is 12.1 Å². The highest BCUT2D eigenvalue weighted by Gasteiger charge is 2.34. The summed E-state index contributed by atoms with van der Waals surface area (Å²) in [6.45, 7) is 11.1. The van der Waals surface area contributed by atoms with E-state index in [9.17, 15) is 9.59 Å². The lowest BCUT2D eigenvalue weighted by atomic mass is 9.90. The number of hydrogen-bond donors (Lipinski definition) is 0. The number of carbonyl (C=O) groups is 2. The van der Waals surface area contributed by atoms with Crippen LogP contribution in [0, 0.1) is 10.8 Å². The Hall–Kier alpha value is -2.86. The monoisotopic (exact) mass is 586 g/mol. The molecule has 0 bridgehead atoms. The van der Waals surface area contributed by atoms with Crippen molar-refractivity contribution < 1.29 is 47.5 Å². The molecule has 0 aliphatic carbocycles. The van der Waals surface area contributed by atoms with Crippen LogP contribution in [-0.4, -0.2) is 104 Å². The minimum atomic E-state index is -0.443. The molecule has 230 valence electrons. The minimum Gasteiger partial charge on any atom is -0.460 e. The van der Waals surface area contributed by atoms with E-state index in [0.717, 1.165) is 37.6 Å². The van der Waals surface area contributed by atoms with Crippen LogP contribution in [0.1, 0.15) is 34.6 Å². The lowest BCUT2D eigenvalue weighted by Gasteiger charge is -2.37. The molecule has 2 aromatic rings. The van der Waals surface area contributed by atoms with E-state index in [0.29, 0.717) is 50.8 Å². The summed E-state index contributed by atoms with van der Waals surface area (Å²) in [4.78, 5) is 25.1. The second kappa shape index (κ2) is 16.1. The highest BCUT2D eigenvalue weighted by molar-refractivity contribution is 5.93. The number of hydrogen-bond acceptors (Lipinski definition) is 10. The molecule has 2 aromatic carbocycles. The first-order chi connectivity index (χ1) is 20.4. The van der Waals surface area contributed by atoms with Crippen molar-refractivity contribution in [3.63, 3.8) is 0 Å². The van der Waals surface area contributed by atoms with Gasteiger partial charge in [0.15, 0.2) is 0 Å². The largest absolute Gasteiger partial charge is 0.460 e. The highest BCUT2D eigenvalue weighted by atomic mass is 16.6. The molecule has 0 radical (unpaired) electrons. The van der Waals surface area contributed by atoms with Crippen LogP contribution in [0.25, 0.3) is 11.1 Å². The van der Waals surface area contributed by atoms with Crippen LogP contribution in [-0.2, 0) is 37.9 Å². The lowest BCUT2D eigenvalue weighted by Crippen LogP contribution is -2.43. The van der Waals surface area contributed by atoms with Gasteiger partial charge in [0.05, 0.1) is 90.4 Å². The van der Waals surface area contributed by atoms with Crippen molar-refractivity contribution in [1.82, 2.24) is 0 Å². The SMILES string of the molecule is CC1(COCCOCCOC(=O)c2cccc(-c3cccc(C(=O)OCCOCCOCC4(C)COC4)c3)c2)COC1. The van der Waals surface area contributed by atoms with E-state index in [1.54, 1.807) is 36.4 Å². The number of ether oxygens (including phenoxy) is 8. The van der Waals surface area contributed by atoms with Gasteiger partial charge in [-0.2, -0.15) is 0 Å². The third kappa shape index (κ3) is 10.1. The fourth-order valence-electron chi connectivity index (χ4n) is 4.35. The van der Waals surface area contributed by atoms with Crippen LogP contribution >= 0.6 is 0 Å². The molecule has 10 nitrogen and oxygen atoms in total. The summed E-state index contributed by atoms with van der Waals surface area (Å²) in [6.07, 6.45) is 0. The Morgan fingerprint density at radius 1 is 0.595 bits per heavy atom. The maximum absolute atomic E-state index is 12.6. The Bertz CT molecular complexity index is 1050. The van der Waals surface area contributed by atoms with E-state index in [2.05, 4.69) is 13.8 Å². The van der Waals surface area contributed by atoms with Gasteiger partial charge in [-0.05, 0) is 35.4 Å². The summed E-state index contributed by atoms with van der Waals surface area (Å²) in [6, 6.07) is 14.1. The molecule has 2 heterocycles. The van der Waals surface area contributed by atoms with Crippen molar-refractivity contribution in [2.24, 2.45) is 10.8 Å². The normalized spacial score (nSPS) is 16.7. The second-order valence-corrected chi connectivity index (χ2v) is 11.4. The van der Waals surface area contributed by atoms with Crippen LogP contribution in [0.15, 0.2) is 48.5 Å². The zero-order valence-corrected chi connectivity index (χ0v) is 24.6. The summed E-state index contributed by atoms with van der Waals surface area (Å²) in [5, 5.41) is 0. The van der Waals surface area contributed by atoms with Crippen LogP contribution in [0.5, 0.6) is 0 Å². The lowest BCUT2D eigenvalue weighted by molar-refractivity contribution is -0.141. The Morgan fingerprint density at radius 3 is 1.36 bits per heavy atom. The third-order valence-electron chi connectivity index (χ3n) is 6.90. The molecule has 4 rings (SSSR count). The molecule has 0 saturated carbocycles. The Morgan fingerprint density at radius 2 is 0.976 bits per heavy atom. The third-order valence-corrected chi connectivity index (χ3v) is 6.90. The number of benzene rings is 2. The average Bonchev–Trinajstić information content (AvgIpc) is 2.97. The summed E-state index contributed by atoms with van der Waals surface area (Å²) < 4.78 is 43.3. The van der Waals surface area contributed by atoms with E-state index < -0.39 is 11.9 Å². The maximum atomic E-state index is 12.6. The predicted molar refractivity (Wildman–Crippen MR) is 154 cm³/mol. The molecular weight excluding hydrogens is 544 g/mol. The molecule has 10 heteroatoms. The van der Waals surface area contributed by atoms with Gasteiger partial charge in [-0.3, -0.25) is 0 Å². The first-order valence-corrected chi connectivity index (χ1v) is 14.4. The van der Waals surface area contributed by atoms with Crippen LogP contribution < -0.4 is 0 Å². The Balaban J connectivity index is 1.11. The Labute approximate surface area is 247 Å². The van der Waals surface area contributed by atoms with Gasteiger partial charge in [0.1, 0.15) is 13.2 Å². The van der Waals surface area contributed by atoms with Gasteiger partial charge in [-0.1, -0.05) is 38.1 Å². The van der Waals surface area contributed by atoms with Crippen molar-refractivity contribution in [2.75, 3.05) is 92.5 Å². The summed E-state index contributed by atoms with van der Waals surface area (Å²) in [7, 11) is 0. The predicted octanol–water partition coefficient (Wildman–Crippen LogP) is 3.81. The highest BCUT2D eigenvalue weighted by Crippen LogP contribution is 2.27. The topological polar surface area (TPSA) is 108 Å². The van der Waals surface area contributed by atoms with E-state index in [-0.39, 0.29) is 37.3 Å². The quantitative estimate of drug-likeness (QED) is 0.178. The van der Waals surface area contributed by atoms with Gasteiger partial charge in [-0.25, -0.2) is 9.59 Å². The van der Waals surface area contributed by atoms with Gasteiger partial charge in [0, 0.05) is 10.8 Å². The van der Waals surface area contributed by atoms with Crippen molar-refractivity contribution in [2.45, 2.75) is 13.8 Å². The van der Waals surface area contributed by atoms with Crippen LogP contribution in [0.2, 0.25) is 0 Å². The number of rotatable bonds is 19. The fraction of sp³-hybridized carbons (Fsp3) is 0.562. The first kappa shape index (κ1) is 32.1. The van der Waals surface area contributed by atoms with Gasteiger partial charge in [-0.15, -0.1) is 0 Å². The fourth-order valence-corrected chi connectivity index (χ4v) is 4.35. The van der Waals surface area contributed by atoms with Gasteiger partial charge < -0.3 is 37.9 Å². The molecule has 0 atom stereocenters. The summed E-state index contributed by atoms with van der Waals surface area (Å²) in [5.41, 5.74) is 2.62. The van der Waals surface area contributed by atoms with Gasteiger partial charge >= 0.3 is 11.9 Å². The van der Waals surface area contributed by atoms with Crippen molar-refractivity contribution in [1.29, 1.82) is 0 Å². The molecule has 0 N–H and O–H groups in total. The molecule has 0 amide bonds. The maximum Gasteiger partial charge on any atom is 0.338 e. The Kier molecular flexibility index (Phi) is 12.3. The average molecular weight is 587 g/mol. The molecule has 0 spiro atoms. The summed E-state index contributed by atoms with van der Waals surface area (Å²) >= 11 is 0. The molecular formula is C32H42O10. The van der Waals surface area contributed by atoms with Gasteiger partial charge in [0.2, 0.25) is 0 Å². The molecule has 0 aromatic heterocycles. The zero-order chi connectivity index (χ0) is 29.7. The molecule has 2 fully saturated rings. The first-order valence-electron chi connectivity index (χ1n) is 14.4. The van der Waals surface area contributed by atoms with E-state index in [4.69, 9.17) is 37.9 Å². The van der Waals surface area contributed by atoms with Crippen LogP contribution in [0.4, 0.5) is 0 Å². The summed E-state index contributed by atoms with van der Waals surface area (Å²) in [5.74, 6) is -0.886. The molecule has 0 unspecified atom stereocenters. The second-order valence-electron chi connectivity index (χ2n) is 11.4. The van der Waals surface area contributed by atoms with Crippen molar-refractivity contribution in [3.05, 3.63) is 59.7 Å². The molecule has 2 aliphatic heterocycles. The van der Waals surface area contributed by atoms with E-state index >= 15 is 0 Å². The van der Waals surface area contributed by atoms with Crippen molar-refractivity contribution >= 4 is 11.9 Å². The van der Waals surface area contributed by atoms with Crippen molar-refractivity contribution in [3.8, 4) is 11.1 Å².